The predicted octanol–water partition coefficient (Wildman–Crippen LogP) is 8.11. The first kappa shape index (κ1) is 31.8. The molecule has 7 rings (SSSR count). The molecule has 0 saturated carbocycles. The fraction of sp³-hybridized carbons (Fsp3) is 0.286. The van der Waals surface area contributed by atoms with E-state index in [0.29, 0.717) is 0 Å². The van der Waals surface area contributed by atoms with Crippen molar-refractivity contribution in [3.05, 3.63) is 47.8 Å². The van der Waals surface area contributed by atoms with Crippen LogP contribution in [0.1, 0.15) is 20.7 Å². The minimum Gasteiger partial charge on any atom is -0.301 e. The summed E-state index contributed by atoms with van der Waals surface area (Å²) >= 11 is 0. The number of carbonyl (C=O) groups is 2. The van der Waals surface area contributed by atoms with E-state index in [0.717, 1.165) is 36.7 Å². The van der Waals surface area contributed by atoms with Gasteiger partial charge in [-0.1, -0.05) is 0 Å². The molecule has 0 fully saturated rings. The highest BCUT2D eigenvalue weighted by atomic mass is 19.4. The third kappa shape index (κ3) is 3.76. The number of aromatic nitrogens is 2. The second-order valence-corrected chi connectivity index (χ2v) is 11.1. The molecule has 2 aliphatic heterocycles. The second kappa shape index (κ2) is 9.01. The van der Waals surface area contributed by atoms with Crippen LogP contribution in [-0.4, -0.2) is 70.9 Å². The average Bonchev–Trinajstić information content (AvgIpc) is 3.40. The van der Waals surface area contributed by atoms with Crippen LogP contribution < -0.4 is 9.80 Å². The summed E-state index contributed by atoms with van der Waals surface area (Å²) in [7, 11) is 0. The Morgan fingerprint density at radius 1 is 0.500 bits per heavy atom. The maximum Gasteiger partial charge on any atom is 0.459 e. The molecule has 6 nitrogen and oxygen atoms in total. The highest BCUT2D eigenvalue weighted by molar-refractivity contribution is 6.40. The number of nitrogens with zero attached hydrogens (tertiary/aromatic N) is 4. The van der Waals surface area contributed by atoms with Gasteiger partial charge in [-0.25, -0.2) is 0 Å². The van der Waals surface area contributed by atoms with Crippen LogP contribution in [0.5, 0.6) is 0 Å². The molecule has 0 unspecified atom stereocenters. The first-order valence-electron chi connectivity index (χ1n) is 13.2. The molecule has 2 aliphatic rings. The zero-order valence-electron chi connectivity index (χ0n) is 22.8. The minimum absolute atomic E-state index is 0.0210. The fourth-order valence-electron chi connectivity index (χ4n) is 6.15. The highest BCUT2D eigenvalue weighted by Crippen LogP contribution is 2.53. The number of fused-ring (bicyclic) bond motifs is 2. The van der Waals surface area contributed by atoms with Gasteiger partial charge in [0.25, 0.3) is 11.8 Å². The molecule has 48 heavy (non-hydrogen) atoms. The number of anilines is 2. The zero-order valence-corrected chi connectivity index (χ0v) is 22.8. The summed E-state index contributed by atoms with van der Waals surface area (Å²) in [4.78, 5) is 34.5. The molecule has 252 valence electrons. The van der Waals surface area contributed by atoms with Crippen LogP contribution in [0.25, 0.3) is 43.4 Å². The predicted molar refractivity (Wildman–Crippen MR) is 138 cm³/mol. The van der Waals surface area contributed by atoms with Gasteiger partial charge in [0.15, 0.2) is 0 Å². The van der Waals surface area contributed by atoms with Crippen LogP contribution >= 0.6 is 0 Å². The lowest BCUT2D eigenvalue weighted by Gasteiger charge is -2.31. The number of hydrogen-bond acceptors (Lipinski definition) is 4. The van der Waals surface area contributed by atoms with E-state index in [-0.39, 0.29) is 53.2 Å². The van der Waals surface area contributed by atoms with Crippen molar-refractivity contribution in [3.63, 3.8) is 0 Å². The number of benzene rings is 3. The van der Waals surface area contributed by atoms with E-state index in [9.17, 15) is 71.1 Å². The molecular weight excluding hydrogens is 690 g/mol. The smallest absolute Gasteiger partial charge is 0.301 e. The molecule has 2 aromatic heterocycles. The molecule has 0 atom stereocenters. The van der Waals surface area contributed by atoms with Crippen molar-refractivity contribution in [1.82, 2.24) is 9.97 Å². The van der Waals surface area contributed by atoms with Crippen LogP contribution in [0.3, 0.4) is 0 Å². The van der Waals surface area contributed by atoms with Crippen molar-refractivity contribution in [1.29, 1.82) is 0 Å². The fourth-order valence-corrected chi connectivity index (χ4v) is 6.15. The van der Waals surface area contributed by atoms with E-state index < -0.39 is 83.4 Å². The van der Waals surface area contributed by atoms with Crippen LogP contribution in [0.2, 0.25) is 0 Å². The van der Waals surface area contributed by atoms with Gasteiger partial charge in [-0.15, -0.1) is 0 Å². The second-order valence-electron chi connectivity index (χ2n) is 11.1. The summed E-state index contributed by atoms with van der Waals surface area (Å²) in [5.74, 6) is -27.4. The number of amides is 2. The lowest BCUT2D eigenvalue weighted by atomic mass is 9.92. The van der Waals surface area contributed by atoms with Gasteiger partial charge in [-0.3, -0.25) is 19.6 Å². The lowest BCUT2D eigenvalue weighted by molar-refractivity contribution is -0.351. The summed E-state index contributed by atoms with van der Waals surface area (Å²) in [6, 6.07) is 4.13. The van der Waals surface area contributed by atoms with Crippen molar-refractivity contribution in [2.24, 2.45) is 0 Å². The maximum atomic E-state index is 14.4. The highest BCUT2D eigenvalue weighted by Gasteiger charge is 2.74. The Bertz CT molecular complexity index is 2070. The Labute approximate surface area is 254 Å². The van der Waals surface area contributed by atoms with E-state index in [1.54, 1.807) is 0 Å². The largest absolute Gasteiger partial charge is 0.459 e. The Balaban J connectivity index is 1.41. The van der Waals surface area contributed by atoms with Gasteiger partial charge in [-0.05, 0) is 24.3 Å². The number of halogens is 14. The molecule has 3 aromatic carbocycles. The van der Waals surface area contributed by atoms with Gasteiger partial charge in [0.2, 0.25) is 0 Å². The quantitative estimate of drug-likeness (QED) is 0.102. The zero-order chi connectivity index (χ0) is 35.3. The number of rotatable bonds is 6. The van der Waals surface area contributed by atoms with E-state index in [1.165, 1.54) is 0 Å². The van der Waals surface area contributed by atoms with Gasteiger partial charge in [-0.2, -0.15) is 61.5 Å². The monoisotopic (exact) mass is 700 g/mol. The van der Waals surface area contributed by atoms with E-state index in [4.69, 9.17) is 0 Å². The van der Waals surface area contributed by atoms with Gasteiger partial charge >= 0.3 is 36.0 Å². The molecule has 0 radical (unpaired) electrons. The number of pyridine rings is 2. The first-order chi connectivity index (χ1) is 21.9. The van der Waals surface area contributed by atoms with E-state index in [2.05, 4.69) is 9.97 Å². The van der Waals surface area contributed by atoms with Gasteiger partial charge < -0.3 is 9.80 Å². The standard InChI is InChI=1S/C28H10F14N4O2/c29-23(30,25(33,34)27(37,38)39)7-45-13-3-1-9-17-15(13)11(21(45)47)6-44-20(17)10-2-4-14-16-12(5-43-19(9)18(10)16)22(48)46(14)8-24(31,32)26(35,36)28(40,41)42/h1-6H,7-8H2. The SMILES string of the molecule is O=C1c2cnc3c4ccc5c6c(cnc(c7ccc(c2c73)N1CC(F)(F)C(F)(F)C(F)(F)F)c64)C(=O)N5CC(F)(F)C(F)(F)C(F)(F)F. The first-order valence-corrected chi connectivity index (χ1v) is 13.2. The average molecular weight is 700 g/mol. The topological polar surface area (TPSA) is 66.4 Å². The van der Waals surface area contributed by atoms with Gasteiger partial charge in [0.1, 0.15) is 0 Å². The normalized spacial score (nSPS) is 16.3. The Morgan fingerprint density at radius 2 is 0.833 bits per heavy atom. The minimum atomic E-state index is -6.66. The Hall–Kier alpha value is -4.78. The Kier molecular flexibility index (Phi) is 5.97. The molecule has 0 N–H and O–H groups in total. The van der Waals surface area contributed by atoms with Crippen molar-refractivity contribution in [2.75, 3.05) is 22.9 Å². The van der Waals surface area contributed by atoms with Crippen LogP contribution in [0.4, 0.5) is 72.8 Å². The molecule has 20 heteroatoms. The molecule has 2 amide bonds. The third-order valence-corrected chi connectivity index (χ3v) is 8.41. The molecular formula is C28H10F14N4O2. The van der Waals surface area contributed by atoms with Crippen LogP contribution in [0, 0.1) is 0 Å². The molecule has 0 spiro atoms. The maximum absolute atomic E-state index is 14.4. The summed E-state index contributed by atoms with van der Waals surface area (Å²) in [6.07, 6.45) is -11.7. The number of carbonyl (C=O) groups excluding carboxylic acids is 2. The van der Waals surface area contributed by atoms with Gasteiger partial charge in [0, 0.05) is 44.7 Å². The molecule has 4 heterocycles. The van der Waals surface area contributed by atoms with E-state index >= 15 is 0 Å². The molecule has 5 aromatic rings. The van der Waals surface area contributed by atoms with Crippen molar-refractivity contribution >= 4 is 66.5 Å². The van der Waals surface area contributed by atoms with Crippen LogP contribution in [0.15, 0.2) is 36.7 Å². The third-order valence-electron chi connectivity index (χ3n) is 8.41. The molecule has 0 aliphatic carbocycles. The number of alkyl halides is 14. The summed E-state index contributed by atoms with van der Waals surface area (Å²) in [5.41, 5.74) is -2.04. The van der Waals surface area contributed by atoms with Crippen molar-refractivity contribution < 1.29 is 71.1 Å². The lowest BCUT2D eigenvalue weighted by Crippen LogP contribution is -2.57. The van der Waals surface area contributed by atoms with Crippen LogP contribution in [-0.2, 0) is 0 Å². The molecule has 0 bridgehead atoms. The molecule has 0 saturated heterocycles. The van der Waals surface area contributed by atoms with Crippen molar-refractivity contribution in [3.8, 4) is 0 Å². The van der Waals surface area contributed by atoms with Crippen molar-refractivity contribution in [2.45, 2.75) is 36.0 Å². The summed E-state index contributed by atoms with van der Waals surface area (Å²) < 4.78 is 189. The summed E-state index contributed by atoms with van der Waals surface area (Å²) in [5, 5.41) is -0.347. The Morgan fingerprint density at radius 3 is 1.15 bits per heavy atom. The summed E-state index contributed by atoms with van der Waals surface area (Å²) in [6.45, 7) is -4.77. The van der Waals surface area contributed by atoms with Gasteiger partial charge in [0.05, 0.1) is 46.6 Å². The number of hydrogen-bond donors (Lipinski definition) is 0. The van der Waals surface area contributed by atoms with E-state index in [1.807, 2.05) is 0 Å².